The van der Waals surface area contributed by atoms with E-state index in [2.05, 4.69) is 15.7 Å². The fourth-order valence-corrected chi connectivity index (χ4v) is 2.08. The van der Waals surface area contributed by atoms with E-state index < -0.39 is 5.82 Å². The summed E-state index contributed by atoms with van der Waals surface area (Å²) in [7, 11) is 3.53. The Morgan fingerprint density at radius 2 is 1.70 bits per heavy atom. The van der Waals surface area contributed by atoms with Gasteiger partial charge in [0.1, 0.15) is 5.69 Å². The van der Waals surface area contributed by atoms with E-state index in [-0.39, 0.29) is 5.69 Å². The predicted molar refractivity (Wildman–Crippen MR) is 92.7 cm³/mol. The lowest BCUT2D eigenvalue weighted by atomic mass is 10.1. The highest BCUT2D eigenvalue weighted by Crippen LogP contribution is 2.22. The molecule has 0 atom stereocenters. The normalized spacial score (nSPS) is 11.0. The lowest BCUT2D eigenvalue weighted by molar-refractivity contribution is -0.107. The van der Waals surface area contributed by atoms with Gasteiger partial charge in [-0.15, -0.1) is 0 Å². The molecule has 0 aromatic heterocycles. The first-order valence-electron chi connectivity index (χ1n) is 7.14. The Labute approximate surface area is 134 Å². The Balaban J connectivity index is 2.31. The van der Waals surface area contributed by atoms with Gasteiger partial charge in [0.2, 0.25) is 6.41 Å². The maximum Gasteiger partial charge on any atom is 0.234 e. The van der Waals surface area contributed by atoms with Crippen LogP contribution < -0.4 is 15.6 Å². The number of halogens is 1. The third-order valence-electron chi connectivity index (χ3n) is 3.43. The van der Waals surface area contributed by atoms with Crippen LogP contribution in [0.5, 0.6) is 0 Å². The van der Waals surface area contributed by atoms with E-state index in [1.54, 1.807) is 20.0 Å². The highest BCUT2D eigenvalue weighted by Gasteiger charge is 2.11. The molecule has 6 heteroatoms. The van der Waals surface area contributed by atoms with Crippen LogP contribution in [0.15, 0.2) is 47.6 Å². The maximum absolute atomic E-state index is 14.1. The van der Waals surface area contributed by atoms with Crippen molar-refractivity contribution in [1.29, 1.82) is 0 Å². The van der Waals surface area contributed by atoms with E-state index in [0.29, 0.717) is 17.8 Å². The summed E-state index contributed by atoms with van der Waals surface area (Å²) in [6.45, 7) is 1.77. The highest BCUT2D eigenvalue weighted by atomic mass is 19.1. The van der Waals surface area contributed by atoms with Crippen molar-refractivity contribution in [2.75, 3.05) is 29.7 Å². The van der Waals surface area contributed by atoms with Gasteiger partial charge >= 0.3 is 0 Å². The molecule has 2 N–H and O–H groups in total. The van der Waals surface area contributed by atoms with E-state index in [9.17, 15) is 9.18 Å². The molecule has 0 heterocycles. The second kappa shape index (κ2) is 7.40. The summed E-state index contributed by atoms with van der Waals surface area (Å²) in [5, 5.41) is 11.1. The number of hydrazone groups is 1. The van der Waals surface area contributed by atoms with Crippen LogP contribution in [0.3, 0.4) is 0 Å². The largest absolute Gasteiger partial charge is 0.388 e. The molecule has 23 heavy (non-hydrogen) atoms. The van der Waals surface area contributed by atoms with Gasteiger partial charge in [0.15, 0.2) is 5.82 Å². The van der Waals surface area contributed by atoms with Gasteiger partial charge in [0, 0.05) is 25.5 Å². The standard InChI is InChI=1S/C17H19FN4O/c1-12(13-4-6-14(19-2)7-5-13)21-22(11-23)17-9-8-15(20-3)10-16(17)18/h4-11,19-20H,1-3H3/b21-12+. The van der Waals surface area contributed by atoms with Crippen LogP contribution in [-0.2, 0) is 4.79 Å². The number of hydrogen-bond acceptors (Lipinski definition) is 4. The summed E-state index contributed by atoms with van der Waals surface area (Å²) >= 11 is 0. The minimum absolute atomic E-state index is 0.102. The molecule has 0 saturated heterocycles. The van der Waals surface area contributed by atoms with Gasteiger partial charge < -0.3 is 10.6 Å². The number of rotatable bonds is 6. The molecule has 1 amide bonds. The van der Waals surface area contributed by atoms with Crippen LogP contribution in [0, 0.1) is 5.82 Å². The van der Waals surface area contributed by atoms with Gasteiger partial charge in [-0.25, -0.2) is 9.40 Å². The molecule has 0 fully saturated rings. The number of nitrogens with zero attached hydrogens (tertiary/aromatic N) is 2. The van der Waals surface area contributed by atoms with Crippen LogP contribution in [0.25, 0.3) is 0 Å². The highest BCUT2D eigenvalue weighted by molar-refractivity contribution is 6.00. The summed E-state index contributed by atoms with van der Waals surface area (Å²) in [5.41, 5.74) is 3.16. The first kappa shape index (κ1) is 16.5. The number of carbonyl (C=O) groups excluding carboxylic acids is 1. The predicted octanol–water partition coefficient (Wildman–Crippen LogP) is 3.30. The van der Waals surface area contributed by atoms with Gasteiger partial charge in [0.25, 0.3) is 0 Å². The van der Waals surface area contributed by atoms with Crippen LogP contribution in [0.1, 0.15) is 12.5 Å². The quantitative estimate of drug-likeness (QED) is 0.489. The lowest BCUT2D eigenvalue weighted by Gasteiger charge is -2.14. The Bertz CT molecular complexity index is 713. The number of carbonyl (C=O) groups is 1. The maximum atomic E-state index is 14.1. The molecule has 0 aliphatic heterocycles. The molecule has 2 aromatic carbocycles. The Morgan fingerprint density at radius 1 is 1.09 bits per heavy atom. The Morgan fingerprint density at radius 3 is 2.22 bits per heavy atom. The fraction of sp³-hybridized carbons (Fsp3) is 0.176. The zero-order valence-electron chi connectivity index (χ0n) is 13.3. The first-order chi connectivity index (χ1) is 11.1. The number of hydrogen-bond donors (Lipinski definition) is 2. The van der Waals surface area contributed by atoms with Gasteiger partial charge in [-0.1, -0.05) is 12.1 Å². The molecule has 0 radical (unpaired) electrons. The van der Waals surface area contributed by atoms with Crippen molar-refractivity contribution in [2.45, 2.75) is 6.92 Å². The number of benzene rings is 2. The summed E-state index contributed by atoms with van der Waals surface area (Å²) < 4.78 is 14.1. The second-order valence-electron chi connectivity index (χ2n) is 4.88. The molecule has 5 nitrogen and oxygen atoms in total. The third-order valence-corrected chi connectivity index (χ3v) is 3.43. The summed E-state index contributed by atoms with van der Waals surface area (Å²) in [6.07, 6.45) is 0.489. The van der Waals surface area contributed by atoms with Crippen LogP contribution in [-0.4, -0.2) is 26.2 Å². The topological polar surface area (TPSA) is 56.7 Å². The van der Waals surface area contributed by atoms with E-state index in [1.807, 2.05) is 31.3 Å². The monoisotopic (exact) mass is 314 g/mol. The number of anilines is 3. The summed E-state index contributed by atoms with van der Waals surface area (Å²) in [6, 6.07) is 12.1. The molecule has 2 aromatic rings. The zero-order valence-corrected chi connectivity index (χ0v) is 13.3. The van der Waals surface area contributed by atoms with Gasteiger partial charge in [0.05, 0.1) is 5.71 Å². The fourth-order valence-electron chi connectivity index (χ4n) is 2.08. The van der Waals surface area contributed by atoms with Gasteiger partial charge in [-0.05, 0) is 42.8 Å². The molecule has 0 aliphatic rings. The van der Waals surface area contributed by atoms with Crippen LogP contribution >= 0.6 is 0 Å². The van der Waals surface area contributed by atoms with Crippen LogP contribution in [0.4, 0.5) is 21.5 Å². The SMILES string of the molecule is CNc1ccc(/C(C)=N/N(C=O)c2ccc(NC)cc2F)cc1. The van der Waals surface area contributed by atoms with E-state index in [0.717, 1.165) is 16.3 Å². The van der Waals surface area contributed by atoms with Gasteiger partial charge in [-0.3, -0.25) is 4.79 Å². The molecule has 2 rings (SSSR count). The Hall–Kier alpha value is -2.89. The second-order valence-corrected chi connectivity index (χ2v) is 4.88. The minimum Gasteiger partial charge on any atom is -0.388 e. The molecule has 0 aliphatic carbocycles. The van der Waals surface area contributed by atoms with Crippen molar-refractivity contribution in [3.05, 3.63) is 53.8 Å². The molecule has 0 saturated carbocycles. The lowest BCUT2D eigenvalue weighted by Crippen LogP contribution is -2.17. The van der Waals surface area contributed by atoms with Crippen molar-refractivity contribution < 1.29 is 9.18 Å². The van der Waals surface area contributed by atoms with Crippen molar-refractivity contribution in [3.63, 3.8) is 0 Å². The van der Waals surface area contributed by atoms with E-state index >= 15 is 0 Å². The first-order valence-corrected chi connectivity index (χ1v) is 7.14. The van der Waals surface area contributed by atoms with Gasteiger partial charge in [-0.2, -0.15) is 5.10 Å². The van der Waals surface area contributed by atoms with Crippen molar-refractivity contribution in [2.24, 2.45) is 5.10 Å². The zero-order chi connectivity index (χ0) is 16.8. The van der Waals surface area contributed by atoms with Crippen molar-refractivity contribution >= 4 is 29.2 Å². The summed E-state index contributed by atoms with van der Waals surface area (Å²) in [5.74, 6) is -0.522. The van der Waals surface area contributed by atoms with Crippen molar-refractivity contribution in [3.8, 4) is 0 Å². The molecular weight excluding hydrogens is 295 g/mol. The molecule has 120 valence electrons. The number of amides is 1. The average Bonchev–Trinajstić information content (AvgIpc) is 2.59. The molecular formula is C17H19FN4O. The minimum atomic E-state index is -0.522. The van der Waals surface area contributed by atoms with E-state index in [4.69, 9.17) is 0 Å². The molecule has 0 unspecified atom stereocenters. The molecule has 0 spiro atoms. The number of nitrogens with one attached hydrogen (secondary N) is 2. The smallest absolute Gasteiger partial charge is 0.234 e. The van der Waals surface area contributed by atoms with E-state index in [1.165, 1.54) is 12.1 Å². The van der Waals surface area contributed by atoms with Crippen LogP contribution in [0.2, 0.25) is 0 Å². The Kier molecular flexibility index (Phi) is 5.30. The average molecular weight is 314 g/mol. The van der Waals surface area contributed by atoms with Crippen molar-refractivity contribution in [1.82, 2.24) is 0 Å². The summed E-state index contributed by atoms with van der Waals surface area (Å²) in [4.78, 5) is 11.3. The third kappa shape index (κ3) is 3.85. The molecule has 0 bridgehead atoms.